The normalized spacial score (nSPS) is 15.1. The maximum atomic E-state index is 13.0. The third kappa shape index (κ3) is 6.63. The zero-order chi connectivity index (χ0) is 27.0. The molecule has 0 unspecified atom stereocenters. The maximum absolute atomic E-state index is 13.0. The first-order valence-corrected chi connectivity index (χ1v) is 12.4. The Labute approximate surface area is 218 Å². The van der Waals surface area contributed by atoms with Crippen LogP contribution in [0.4, 0.5) is 0 Å². The molecule has 2 aromatic rings. The van der Waals surface area contributed by atoms with Gasteiger partial charge in [0.05, 0.1) is 6.10 Å². The second-order valence-corrected chi connectivity index (χ2v) is 9.31. The number of hydrogen-bond acceptors (Lipinski definition) is 6. The molecule has 0 radical (unpaired) electrons. The van der Waals surface area contributed by atoms with Gasteiger partial charge in [-0.25, -0.2) is 0 Å². The SMILES string of the molecule is CCCOC1CN(Cc2ccc(C#Cc3ccc(C(=O)N(C)[C@](C)(C(=O)CO)C(=O)NC)cc3)cc2)C1. The van der Waals surface area contributed by atoms with Crippen LogP contribution >= 0.6 is 0 Å². The van der Waals surface area contributed by atoms with E-state index >= 15 is 0 Å². The highest BCUT2D eigenvalue weighted by atomic mass is 16.5. The first-order valence-electron chi connectivity index (χ1n) is 12.4. The lowest BCUT2D eigenvalue weighted by Crippen LogP contribution is -2.62. The molecule has 37 heavy (non-hydrogen) atoms. The minimum atomic E-state index is -1.83. The Balaban J connectivity index is 1.60. The number of nitrogens with one attached hydrogen (secondary N) is 1. The number of rotatable bonds is 10. The summed E-state index contributed by atoms with van der Waals surface area (Å²) in [5, 5.41) is 11.7. The number of likely N-dealkylation sites (N-methyl/N-ethyl adjacent to an activating group) is 2. The molecule has 0 aromatic heterocycles. The van der Waals surface area contributed by atoms with Crippen molar-refractivity contribution in [3.05, 3.63) is 70.8 Å². The number of Topliss-reactive ketones (excluding diaryl/α,β-unsaturated/α-hetero) is 1. The Morgan fingerprint density at radius 3 is 2.16 bits per heavy atom. The van der Waals surface area contributed by atoms with Gasteiger partial charge >= 0.3 is 0 Å². The minimum Gasteiger partial charge on any atom is -0.388 e. The van der Waals surface area contributed by atoms with Crippen LogP contribution in [-0.2, 0) is 20.9 Å². The number of likely N-dealkylation sites (tertiary alicyclic amines) is 1. The van der Waals surface area contributed by atoms with Gasteiger partial charge in [-0.1, -0.05) is 30.9 Å². The van der Waals surface area contributed by atoms with E-state index in [1.54, 1.807) is 24.3 Å². The molecule has 1 aliphatic heterocycles. The van der Waals surface area contributed by atoms with Gasteiger partial charge in [0.15, 0.2) is 11.3 Å². The number of hydrogen-bond donors (Lipinski definition) is 2. The van der Waals surface area contributed by atoms with E-state index in [2.05, 4.69) is 41.1 Å². The minimum absolute atomic E-state index is 0.298. The fraction of sp³-hybridized carbons (Fsp3) is 0.414. The molecule has 196 valence electrons. The fourth-order valence-corrected chi connectivity index (χ4v) is 4.09. The molecule has 2 amide bonds. The molecule has 0 bridgehead atoms. The number of aliphatic hydroxyl groups is 1. The molecule has 1 heterocycles. The highest BCUT2D eigenvalue weighted by Crippen LogP contribution is 2.19. The lowest BCUT2D eigenvalue weighted by Gasteiger charge is -2.38. The van der Waals surface area contributed by atoms with Crippen molar-refractivity contribution < 1.29 is 24.2 Å². The first-order chi connectivity index (χ1) is 17.7. The summed E-state index contributed by atoms with van der Waals surface area (Å²) < 4.78 is 5.74. The average Bonchev–Trinajstić information content (AvgIpc) is 2.91. The van der Waals surface area contributed by atoms with Crippen LogP contribution in [0.15, 0.2) is 48.5 Å². The summed E-state index contributed by atoms with van der Waals surface area (Å²) in [7, 11) is 2.74. The predicted molar refractivity (Wildman–Crippen MR) is 141 cm³/mol. The topological polar surface area (TPSA) is 99.2 Å². The quantitative estimate of drug-likeness (QED) is 0.378. The second kappa shape index (κ2) is 12.6. The second-order valence-electron chi connectivity index (χ2n) is 9.31. The highest BCUT2D eigenvalue weighted by molar-refractivity contribution is 6.14. The van der Waals surface area contributed by atoms with Gasteiger partial charge in [-0.2, -0.15) is 0 Å². The van der Waals surface area contributed by atoms with Gasteiger partial charge in [-0.05, 0) is 55.3 Å². The van der Waals surface area contributed by atoms with E-state index in [1.807, 2.05) is 12.1 Å². The van der Waals surface area contributed by atoms with E-state index in [9.17, 15) is 19.5 Å². The van der Waals surface area contributed by atoms with Crippen molar-refractivity contribution in [1.82, 2.24) is 15.1 Å². The molecular formula is C29H35N3O5. The molecule has 1 fully saturated rings. The molecule has 0 aliphatic carbocycles. The van der Waals surface area contributed by atoms with E-state index in [4.69, 9.17) is 4.74 Å². The van der Waals surface area contributed by atoms with Crippen molar-refractivity contribution >= 4 is 17.6 Å². The van der Waals surface area contributed by atoms with E-state index in [0.29, 0.717) is 11.7 Å². The van der Waals surface area contributed by atoms with Gasteiger partial charge in [0.1, 0.15) is 6.61 Å². The summed E-state index contributed by atoms with van der Waals surface area (Å²) in [6, 6.07) is 14.8. The Kier molecular flexibility index (Phi) is 9.59. The number of ketones is 1. The molecule has 0 spiro atoms. The van der Waals surface area contributed by atoms with Crippen molar-refractivity contribution in [2.75, 3.05) is 40.4 Å². The van der Waals surface area contributed by atoms with Gasteiger partial charge < -0.3 is 20.1 Å². The molecular weight excluding hydrogens is 470 g/mol. The van der Waals surface area contributed by atoms with Crippen molar-refractivity contribution in [3.8, 4) is 11.8 Å². The predicted octanol–water partition coefficient (Wildman–Crippen LogP) is 1.84. The summed E-state index contributed by atoms with van der Waals surface area (Å²) in [6.07, 6.45) is 1.40. The van der Waals surface area contributed by atoms with Gasteiger partial charge in [-0.15, -0.1) is 0 Å². The van der Waals surface area contributed by atoms with Crippen LogP contribution in [-0.4, -0.2) is 84.5 Å². The van der Waals surface area contributed by atoms with Crippen LogP contribution in [0.1, 0.15) is 47.3 Å². The van der Waals surface area contributed by atoms with Crippen molar-refractivity contribution in [2.24, 2.45) is 0 Å². The Morgan fingerprint density at radius 1 is 1.08 bits per heavy atom. The number of aliphatic hydroxyl groups excluding tert-OH is 1. The summed E-state index contributed by atoms with van der Waals surface area (Å²) in [6.45, 7) is 6.24. The molecule has 3 rings (SSSR count). The standard InChI is InChI=1S/C29H35N3O5/c1-5-16-37-25-18-32(19-25)17-23-10-8-21(9-11-23)6-7-22-12-14-24(15-13-22)27(35)31(4)29(2,26(34)20-33)28(36)30-3/h8-15,25,33H,5,16-20H2,1-4H3,(H,30,36)/t29-/m1/s1. The van der Waals surface area contributed by atoms with Crippen LogP contribution in [0.2, 0.25) is 0 Å². The maximum Gasteiger partial charge on any atom is 0.254 e. The fourth-order valence-electron chi connectivity index (χ4n) is 4.09. The summed E-state index contributed by atoms with van der Waals surface area (Å²) in [5.41, 5.74) is 1.31. The molecule has 1 saturated heterocycles. The summed E-state index contributed by atoms with van der Waals surface area (Å²) in [4.78, 5) is 41.0. The third-order valence-electron chi connectivity index (χ3n) is 6.66. The average molecular weight is 506 g/mol. The number of amides is 2. The highest BCUT2D eigenvalue weighted by Gasteiger charge is 2.46. The largest absolute Gasteiger partial charge is 0.388 e. The summed E-state index contributed by atoms with van der Waals surface area (Å²) >= 11 is 0. The molecule has 2 N–H and O–H groups in total. The van der Waals surface area contributed by atoms with E-state index < -0.39 is 29.7 Å². The first kappa shape index (κ1) is 28.1. The van der Waals surface area contributed by atoms with Crippen LogP contribution < -0.4 is 5.32 Å². The monoisotopic (exact) mass is 505 g/mol. The van der Waals surface area contributed by atoms with Crippen LogP contribution in [0.5, 0.6) is 0 Å². The Morgan fingerprint density at radius 2 is 1.65 bits per heavy atom. The Bertz CT molecular complexity index is 1140. The molecule has 8 nitrogen and oxygen atoms in total. The lowest BCUT2D eigenvalue weighted by atomic mass is 9.92. The van der Waals surface area contributed by atoms with Gasteiger partial charge in [-0.3, -0.25) is 19.3 Å². The molecule has 1 atom stereocenters. The molecule has 0 saturated carbocycles. The molecule has 8 heteroatoms. The molecule has 1 aliphatic rings. The summed E-state index contributed by atoms with van der Waals surface area (Å²) in [5.74, 6) is 4.27. The van der Waals surface area contributed by atoms with Crippen LogP contribution in [0, 0.1) is 11.8 Å². The third-order valence-corrected chi connectivity index (χ3v) is 6.66. The van der Waals surface area contributed by atoms with E-state index in [1.165, 1.54) is 26.6 Å². The van der Waals surface area contributed by atoms with Gasteiger partial charge in [0.25, 0.3) is 11.8 Å². The smallest absolute Gasteiger partial charge is 0.254 e. The van der Waals surface area contributed by atoms with Crippen molar-refractivity contribution in [2.45, 2.75) is 38.5 Å². The molecule has 2 aromatic carbocycles. The number of nitrogens with zero attached hydrogens (tertiary/aromatic N) is 2. The zero-order valence-electron chi connectivity index (χ0n) is 21.9. The van der Waals surface area contributed by atoms with Crippen molar-refractivity contribution in [3.63, 3.8) is 0 Å². The van der Waals surface area contributed by atoms with Crippen molar-refractivity contribution in [1.29, 1.82) is 0 Å². The number of carbonyl (C=O) groups is 3. The number of ether oxygens (including phenoxy) is 1. The van der Waals surface area contributed by atoms with Crippen LogP contribution in [0.3, 0.4) is 0 Å². The van der Waals surface area contributed by atoms with E-state index in [-0.39, 0.29) is 0 Å². The zero-order valence-corrected chi connectivity index (χ0v) is 21.9. The van der Waals surface area contributed by atoms with Crippen LogP contribution in [0.25, 0.3) is 0 Å². The van der Waals surface area contributed by atoms with Gasteiger partial charge in [0.2, 0.25) is 0 Å². The van der Waals surface area contributed by atoms with E-state index in [0.717, 1.165) is 48.7 Å². The number of benzene rings is 2. The van der Waals surface area contributed by atoms with Gasteiger partial charge in [0, 0.05) is 57.0 Å². The lowest BCUT2D eigenvalue weighted by molar-refractivity contribution is -0.143. The Hall–Kier alpha value is -3.51. The number of carbonyl (C=O) groups excluding carboxylic acids is 3.